The lowest BCUT2D eigenvalue weighted by molar-refractivity contribution is 0.416. The molecule has 0 bridgehead atoms. The standard InChI is InChI=1S/C15H19N3O/c1-3-10(2)14-17-15(19-18-14)12-6-7-13-11(9-12)5-4-8-16-13/h6-7,9-10,16H,3-5,8H2,1-2H3. The van der Waals surface area contributed by atoms with Gasteiger partial charge in [-0.3, -0.25) is 0 Å². The minimum Gasteiger partial charge on any atom is -0.385 e. The summed E-state index contributed by atoms with van der Waals surface area (Å²) in [6.07, 6.45) is 3.31. The van der Waals surface area contributed by atoms with Crippen LogP contribution in [0.4, 0.5) is 5.69 Å². The van der Waals surface area contributed by atoms with Crippen molar-refractivity contribution in [2.24, 2.45) is 0 Å². The number of aryl methyl sites for hydroxylation is 1. The van der Waals surface area contributed by atoms with Crippen molar-refractivity contribution in [1.29, 1.82) is 0 Å². The van der Waals surface area contributed by atoms with Gasteiger partial charge in [0.1, 0.15) is 0 Å². The van der Waals surface area contributed by atoms with Crippen molar-refractivity contribution in [3.8, 4) is 11.5 Å². The van der Waals surface area contributed by atoms with Gasteiger partial charge >= 0.3 is 0 Å². The zero-order chi connectivity index (χ0) is 13.2. The van der Waals surface area contributed by atoms with E-state index in [9.17, 15) is 0 Å². The molecule has 1 N–H and O–H groups in total. The average molecular weight is 257 g/mol. The first-order valence-electron chi connectivity index (χ1n) is 6.98. The van der Waals surface area contributed by atoms with E-state index in [1.54, 1.807) is 0 Å². The lowest BCUT2D eigenvalue weighted by Crippen LogP contribution is -2.11. The van der Waals surface area contributed by atoms with Crippen molar-refractivity contribution < 1.29 is 4.52 Å². The first-order valence-corrected chi connectivity index (χ1v) is 6.98. The minimum absolute atomic E-state index is 0.344. The second kappa shape index (κ2) is 5.03. The molecule has 4 nitrogen and oxygen atoms in total. The number of rotatable bonds is 3. The highest BCUT2D eigenvalue weighted by Gasteiger charge is 2.15. The van der Waals surface area contributed by atoms with E-state index in [0.29, 0.717) is 11.8 Å². The van der Waals surface area contributed by atoms with Crippen molar-refractivity contribution in [3.05, 3.63) is 29.6 Å². The minimum atomic E-state index is 0.344. The molecule has 1 aromatic heterocycles. The lowest BCUT2D eigenvalue weighted by atomic mass is 10.0. The number of anilines is 1. The molecule has 1 unspecified atom stereocenters. The van der Waals surface area contributed by atoms with Gasteiger partial charge in [-0.1, -0.05) is 19.0 Å². The lowest BCUT2D eigenvalue weighted by Gasteiger charge is -2.17. The predicted molar refractivity (Wildman–Crippen MR) is 75.3 cm³/mol. The molecule has 19 heavy (non-hydrogen) atoms. The number of nitrogens with zero attached hydrogens (tertiary/aromatic N) is 2. The molecule has 3 rings (SSSR count). The van der Waals surface area contributed by atoms with Crippen molar-refractivity contribution in [2.45, 2.75) is 39.0 Å². The molecular weight excluding hydrogens is 238 g/mol. The summed E-state index contributed by atoms with van der Waals surface area (Å²) in [7, 11) is 0. The summed E-state index contributed by atoms with van der Waals surface area (Å²) < 4.78 is 5.38. The van der Waals surface area contributed by atoms with E-state index in [2.05, 4.69) is 41.4 Å². The molecule has 2 aromatic rings. The number of aromatic nitrogens is 2. The summed E-state index contributed by atoms with van der Waals surface area (Å²) in [6, 6.07) is 6.32. The number of benzene rings is 1. The normalized spacial score (nSPS) is 15.7. The Bertz CT molecular complexity index is 577. The quantitative estimate of drug-likeness (QED) is 0.912. The van der Waals surface area contributed by atoms with Crippen LogP contribution in [0.1, 0.15) is 44.0 Å². The summed E-state index contributed by atoms with van der Waals surface area (Å²) in [5, 5.41) is 7.48. The van der Waals surface area contributed by atoms with E-state index in [4.69, 9.17) is 4.52 Å². The van der Waals surface area contributed by atoms with Crippen LogP contribution in [0.3, 0.4) is 0 Å². The Morgan fingerprint density at radius 3 is 3.16 bits per heavy atom. The number of nitrogens with one attached hydrogen (secondary N) is 1. The molecule has 4 heteroatoms. The van der Waals surface area contributed by atoms with Gasteiger partial charge in [0.15, 0.2) is 5.82 Å². The van der Waals surface area contributed by atoms with E-state index in [1.165, 1.54) is 17.7 Å². The molecule has 0 radical (unpaired) electrons. The van der Waals surface area contributed by atoms with E-state index >= 15 is 0 Å². The highest BCUT2D eigenvalue weighted by atomic mass is 16.5. The van der Waals surface area contributed by atoms with Crippen LogP contribution in [-0.4, -0.2) is 16.7 Å². The maximum Gasteiger partial charge on any atom is 0.257 e. The summed E-state index contributed by atoms with van der Waals surface area (Å²) in [5.74, 6) is 1.77. The number of fused-ring (bicyclic) bond motifs is 1. The monoisotopic (exact) mass is 257 g/mol. The molecule has 0 saturated heterocycles. The van der Waals surface area contributed by atoms with Crippen molar-refractivity contribution in [1.82, 2.24) is 10.1 Å². The Labute approximate surface area is 113 Å². The van der Waals surface area contributed by atoms with E-state index in [0.717, 1.165) is 30.8 Å². The molecule has 2 heterocycles. The van der Waals surface area contributed by atoms with Crippen LogP contribution in [0.5, 0.6) is 0 Å². The summed E-state index contributed by atoms with van der Waals surface area (Å²) in [5.41, 5.74) is 3.59. The van der Waals surface area contributed by atoms with Gasteiger partial charge in [0.05, 0.1) is 0 Å². The topological polar surface area (TPSA) is 51.0 Å². The van der Waals surface area contributed by atoms with Crippen LogP contribution < -0.4 is 5.32 Å². The first kappa shape index (κ1) is 12.2. The maximum atomic E-state index is 5.38. The zero-order valence-electron chi connectivity index (χ0n) is 11.4. The number of hydrogen-bond acceptors (Lipinski definition) is 4. The zero-order valence-corrected chi connectivity index (χ0v) is 11.4. The van der Waals surface area contributed by atoms with E-state index in [-0.39, 0.29) is 0 Å². The molecule has 0 saturated carbocycles. The highest BCUT2D eigenvalue weighted by Crippen LogP contribution is 2.28. The van der Waals surface area contributed by atoms with Gasteiger partial charge < -0.3 is 9.84 Å². The van der Waals surface area contributed by atoms with E-state index in [1.807, 2.05) is 6.07 Å². The Morgan fingerprint density at radius 2 is 2.32 bits per heavy atom. The van der Waals surface area contributed by atoms with Gasteiger partial charge in [0.2, 0.25) is 0 Å². The van der Waals surface area contributed by atoms with Crippen LogP contribution in [0, 0.1) is 0 Å². The summed E-state index contributed by atoms with van der Waals surface area (Å²) >= 11 is 0. The van der Waals surface area contributed by atoms with Crippen LogP contribution in [0.15, 0.2) is 22.7 Å². The van der Waals surface area contributed by atoms with Crippen molar-refractivity contribution in [3.63, 3.8) is 0 Å². The predicted octanol–water partition coefficient (Wildman–Crippen LogP) is 3.61. The largest absolute Gasteiger partial charge is 0.385 e. The Kier molecular flexibility index (Phi) is 3.23. The third-order valence-electron chi connectivity index (χ3n) is 3.79. The first-order chi connectivity index (χ1) is 9.28. The molecule has 0 fully saturated rings. The summed E-state index contributed by atoms with van der Waals surface area (Å²) in [4.78, 5) is 4.50. The fourth-order valence-corrected chi connectivity index (χ4v) is 2.34. The smallest absolute Gasteiger partial charge is 0.257 e. The molecule has 100 valence electrons. The Morgan fingerprint density at radius 1 is 1.42 bits per heavy atom. The second-order valence-corrected chi connectivity index (χ2v) is 5.17. The van der Waals surface area contributed by atoms with E-state index < -0.39 is 0 Å². The van der Waals surface area contributed by atoms with Crippen LogP contribution in [-0.2, 0) is 6.42 Å². The fraction of sp³-hybridized carbons (Fsp3) is 0.467. The van der Waals surface area contributed by atoms with Crippen molar-refractivity contribution >= 4 is 5.69 Å². The van der Waals surface area contributed by atoms with Gasteiger partial charge in [-0.05, 0) is 43.0 Å². The van der Waals surface area contributed by atoms with Crippen LogP contribution in [0.2, 0.25) is 0 Å². The van der Waals surface area contributed by atoms with Crippen LogP contribution >= 0.6 is 0 Å². The maximum absolute atomic E-state index is 5.38. The Hall–Kier alpha value is -1.84. The molecule has 1 aliphatic rings. The highest BCUT2D eigenvalue weighted by molar-refractivity contribution is 5.63. The van der Waals surface area contributed by atoms with Gasteiger partial charge in [0, 0.05) is 23.7 Å². The fourth-order valence-electron chi connectivity index (χ4n) is 2.34. The molecule has 1 atom stereocenters. The third kappa shape index (κ3) is 2.35. The molecule has 0 amide bonds. The summed E-state index contributed by atoms with van der Waals surface area (Å²) in [6.45, 7) is 5.31. The third-order valence-corrected chi connectivity index (χ3v) is 3.79. The molecular formula is C15H19N3O. The molecule has 0 spiro atoms. The van der Waals surface area contributed by atoms with Gasteiger partial charge in [0.25, 0.3) is 5.89 Å². The van der Waals surface area contributed by atoms with Gasteiger partial charge in [-0.25, -0.2) is 0 Å². The van der Waals surface area contributed by atoms with Gasteiger partial charge in [-0.15, -0.1) is 0 Å². The van der Waals surface area contributed by atoms with Crippen molar-refractivity contribution in [2.75, 3.05) is 11.9 Å². The molecule has 1 aliphatic heterocycles. The average Bonchev–Trinajstić information content (AvgIpc) is 2.95. The van der Waals surface area contributed by atoms with Crippen LogP contribution in [0.25, 0.3) is 11.5 Å². The number of hydrogen-bond donors (Lipinski definition) is 1. The van der Waals surface area contributed by atoms with Gasteiger partial charge in [-0.2, -0.15) is 4.98 Å². The molecule has 1 aromatic carbocycles. The Balaban J connectivity index is 1.91. The SMILES string of the molecule is CCC(C)c1noc(-c2ccc3c(c2)CCCN3)n1. The molecule has 0 aliphatic carbocycles. The second-order valence-electron chi connectivity index (χ2n) is 5.17.